The Bertz CT molecular complexity index is 510. The molecular formula is C17H22O5. The van der Waals surface area contributed by atoms with E-state index in [1.807, 2.05) is 0 Å². The second-order valence-electron chi connectivity index (χ2n) is 8.08. The van der Waals surface area contributed by atoms with Gasteiger partial charge in [0.15, 0.2) is 17.8 Å². The van der Waals surface area contributed by atoms with Crippen molar-refractivity contribution in [2.45, 2.75) is 51.4 Å². The molecule has 0 saturated heterocycles. The van der Waals surface area contributed by atoms with Crippen molar-refractivity contribution >= 4 is 17.7 Å². The number of aliphatic carboxylic acids is 1. The summed E-state index contributed by atoms with van der Waals surface area (Å²) in [7, 11) is 0. The molecule has 5 aliphatic rings. The van der Waals surface area contributed by atoms with Crippen LogP contribution in [0.1, 0.15) is 51.4 Å². The SMILES string of the molecule is O=C(COC(=O)C1(C(=O)O)CC1)C12CC3CC(CC(C3)C1)C2. The average molecular weight is 306 g/mol. The number of hydrogen-bond donors (Lipinski definition) is 1. The van der Waals surface area contributed by atoms with Gasteiger partial charge in [-0.2, -0.15) is 0 Å². The number of carbonyl (C=O) groups is 3. The van der Waals surface area contributed by atoms with Gasteiger partial charge >= 0.3 is 11.9 Å². The van der Waals surface area contributed by atoms with Gasteiger partial charge in [0.05, 0.1) is 0 Å². The van der Waals surface area contributed by atoms with E-state index in [1.54, 1.807) is 0 Å². The quantitative estimate of drug-likeness (QED) is 0.622. The highest BCUT2D eigenvalue weighted by Gasteiger charge is 2.59. The zero-order chi connectivity index (χ0) is 15.5. The minimum Gasteiger partial charge on any atom is -0.480 e. The van der Waals surface area contributed by atoms with Gasteiger partial charge < -0.3 is 9.84 Å². The topological polar surface area (TPSA) is 80.7 Å². The maximum atomic E-state index is 12.7. The fraction of sp³-hybridized carbons (Fsp3) is 0.824. The summed E-state index contributed by atoms with van der Waals surface area (Å²) in [6, 6.07) is 0. The summed E-state index contributed by atoms with van der Waals surface area (Å²) in [4.78, 5) is 35.7. The van der Waals surface area contributed by atoms with Crippen molar-refractivity contribution in [1.82, 2.24) is 0 Å². The lowest BCUT2D eigenvalue weighted by Gasteiger charge is -2.55. The van der Waals surface area contributed by atoms with E-state index in [9.17, 15) is 14.4 Å². The van der Waals surface area contributed by atoms with E-state index < -0.39 is 17.4 Å². The van der Waals surface area contributed by atoms with Gasteiger partial charge in [0, 0.05) is 5.41 Å². The van der Waals surface area contributed by atoms with Crippen molar-refractivity contribution in [3.05, 3.63) is 0 Å². The van der Waals surface area contributed by atoms with Crippen LogP contribution in [0.2, 0.25) is 0 Å². The molecule has 22 heavy (non-hydrogen) atoms. The molecule has 0 spiro atoms. The van der Waals surface area contributed by atoms with Crippen LogP contribution in [-0.4, -0.2) is 29.4 Å². The third kappa shape index (κ3) is 2.01. The maximum Gasteiger partial charge on any atom is 0.323 e. The first-order valence-corrected chi connectivity index (χ1v) is 8.37. The monoisotopic (exact) mass is 306 g/mol. The van der Waals surface area contributed by atoms with E-state index in [4.69, 9.17) is 9.84 Å². The number of rotatable bonds is 5. The van der Waals surface area contributed by atoms with Gasteiger partial charge in [0.25, 0.3) is 0 Å². The first-order valence-electron chi connectivity index (χ1n) is 8.37. The van der Waals surface area contributed by atoms with Crippen LogP contribution in [0.25, 0.3) is 0 Å². The number of Topliss-reactive ketones (excluding diaryl/α,β-unsaturated/α-hetero) is 1. The minimum absolute atomic E-state index is 0.0288. The Balaban J connectivity index is 1.41. The molecule has 0 radical (unpaired) electrons. The summed E-state index contributed by atoms with van der Waals surface area (Å²) < 4.78 is 5.11. The van der Waals surface area contributed by atoms with Crippen LogP contribution in [-0.2, 0) is 19.1 Å². The Morgan fingerprint density at radius 1 is 0.955 bits per heavy atom. The average Bonchev–Trinajstić information content (AvgIpc) is 3.24. The number of carboxylic acid groups (broad SMARTS) is 1. The lowest BCUT2D eigenvalue weighted by Crippen LogP contribution is -2.51. The smallest absolute Gasteiger partial charge is 0.323 e. The normalized spacial score (nSPS) is 40.3. The lowest BCUT2D eigenvalue weighted by atomic mass is 9.48. The molecule has 1 N–H and O–H groups in total. The van der Waals surface area contributed by atoms with Crippen LogP contribution in [0.3, 0.4) is 0 Å². The first-order chi connectivity index (χ1) is 10.4. The molecule has 0 atom stereocenters. The van der Waals surface area contributed by atoms with Gasteiger partial charge in [0.2, 0.25) is 0 Å². The Labute approximate surface area is 129 Å². The molecule has 0 aromatic heterocycles. The first kappa shape index (κ1) is 14.2. The molecule has 0 aromatic carbocycles. The largest absolute Gasteiger partial charge is 0.480 e. The number of ketones is 1. The van der Waals surface area contributed by atoms with Crippen molar-refractivity contribution in [1.29, 1.82) is 0 Å². The zero-order valence-electron chi connectivity index (χ0n) is 12.7. The summed E-state index contributed by atoms with van der Waals surface area (Å²) in [5.41, 5.74) is -1.64. The fourth-order valence-electron chi connectivity index (χ4n) is 5.50. The van der Waals surface area contributed by atoms with Gasteiger partial charge in [-0.1, -0.05) is 0 Å². The Hall–Kier alpha value is -1.39. The van der Waals surface area contributed by atoms with Gasteiger partial charge in [-0.15, -0.1) is 0 Å². The predicted molar refractivity (Wildman–Crippen MR) is 75.9 cm³/mol. The van der Waals surface area contributed by atoms with Gasteiger partial charge in [-0.25, -0.2) is 0 Å². The van der Waals surface area contributed by atoms with Crippen molar-refractivity contribution in [2.24, 2.45) is 28.6 Å². The van der Waals surface area contributed by atoms with Gasteiger partial charge in [-0.05, 0) is 69.1 Å². The molecule has 0 aromatic rings. The standard InChI is InChI=1S/C17H22O5/c18-13(9-22-15(21)17(1-2-17)14(19)20)16-6-10-3-11(7-16)5-12(4-10)8-16/h10-12H,1-9H2,(H,19,20). The van der Waals surface area contributed by atoms with Gasteiger partial charge in [-0.3, -0.25) is 14.4 Å². The van der Waals surface area contributed by atoms with Crippen molar-refractivity contribution in [3.63, 3.8) is 0 Å². The van der Waals surface area contributed by atoms with E-state index >= 15 is 0 Å². The summed E-state index contributed by atoms with van der Waals surface area (Å²) in [5, 5.41) is 9.08. The third-order valence-electron chi connectivity index (χ3n) is 6.51. The molecule has 0 amide bonds. The zero-order valence-corrected chi connectivity index (χ0v) is 12.7. The van der Waals surface area contributed by atoms with E-state index in [0.717, 1.165) is 19.3 Å². The van der Waals surface area contributed by atoms with Crippen LogP contribution in [0, 0.1) is 28.6 Å². The molecule has 120 valence electrons. The number of carboxylic acids is 1. The summed E-state index contributed by atoms with van der Waals surface area (Å²) in [5.74, 6) is 0.179. The van der Waals surface area contributed by atoms with Crippen LogP contribution in [0.4, 0.5) is 0 Å². The molecule has 0 heterocycles. The minimum atomic E-state index is -1.36. The highest BCUT2D eigenvalue weighted by molar-refractivity contribution is 6.03. The Morgan fingerprint density at radius 3 is 1.86 bits per heavy atom. The highest BCUT2D eigenvalue weighted by Crippen LogP contribution is 2.60. The lowest BCUT2D eigenvalue weighted by molar-refractivity contribution is -0.166. The summed E-state index contributed by atoms with van der Waals surface area (Å²) >= 11 is 0. The molecule has 0 unspecified atom stereocenters. The van der Waals surface area contributed by atoms with Crippen LogP contribution < -0.4 is 0 Å². The summed E-state index contributed by atoms with van der Waals surface area (Å²) in [6.45, 7) is -0.236. The number of ether oxygens (including phenoxy) is 1. The molecule has 5 heteroatoms. The maximum absolute atomic E-state index is 12.7. The van der Waals surface area contributed by atoms with E-state index in [0.29, 0.717) is 30.6 Å². The van der Waals surface area contributed by atoms with E-state index in [2.05, 4.69) is 0 Å². The number of esters is 1. The van der Waals surface area contributed by atoms with E-state index in [1.165, 1.54) is 19.3 Å². The molecule has 4 bridgehead atoms. The van der Waals surface area contributed by atoms with Crippen LogP contribution >= 0.6 is 0 Å². The molecule has 5 saturated carbocycles. The van der Waals surface area contributed by atoms with E-state index in [-0.39, 0.29) is 17.8 Å². The molecule has 5 aliphatic carbocycles. The van der Waals surface area contributed by atoms with Gasteiger partial charge in [0.1, 0.15) is 0 Å². The number of carbonyl (C=O) groups excluding carboxylic acids is 2. The summed E-state index contributed by atoms with van der Waals surface area (Å²) in [6.07, 6.45) is 7.26. The molecule has 0 aliphatic heterocycles. The third-order valence-corrected chi connectivity index (χ3v) is 6.51. The highest BCUT2D eigenvalue weighted by atomic mass is 16.5. The predicted octanol–water partition coefficient (Wildman–Crippen LogP) is 2.18. The molecule has 5 rings (SSSR count). The van der Waals surface area contributed by atoms with Crippen molar-refractivity contribution < 1.29 is 24.2 Å². The molecule has 5 fully saturated rings. The Kier molecular flexibility index (Phi) is 2.94. The van der Waals surface area contributed by atoms with Crippen molar-refractivity contribution in [2.75, 3.05) is 6.61 Å². The number of hydrogen-bond acceptors (Lipinski definition) is 4. The molecule has 5 nitrogen and oxygen atoms in total. The second kappa shape index (κ2) is 4.56. The fourth-order valence-corrected chi connectivity index (χ4v) is 5.50. The molecular weight excluding hydrogens is 284 g/mol. The van der Waals surface area contributed by atoms with Crippen LogP contribution in [0.15, 0.2) is 0 Å². The Morgan fingerprint density at radius 2 is 1.45 bits per heavy atom. The van der Waals surface area contributed by atoms with Crippen molar-refractivity contribution in [3.8, 4) is 0 Å². The van der Waals surface area contributed by atoms with Crippen LogP contribution in [0.5, 0.6) is 0 Å². The second-order valence-corrected chi connectivity index (χ2v) is 8.08.